The molecule has 2 aromatic carbocycles. The second-order valence-electron chi connectivity index (χ2n) is 8.61. The maximum Gasteiger partial charge on any atom is 0.416 e. The molecule has 2 N–H and O–H groups in total. The molecule has 3 rings (SSSR count). The number of carbonyl (C=O) groups excluding carboxylic acids is 2. The first-order valence-electron chi connectivity index (χ1n) is 11.3. The summed E-state index contributed by atoms with van der Waals surface area (Å²) in [6.07, 6.45) is -11.9. The number of nitrogens with zero attached hydrogens (tertiary/aromatic N) is 2. The molecule has 0 unspecified atom stereocenters. The van der Waals surface area contributed by atoms with Crippen LogP contribution in [0.2, 0.25) is 5.02 Å². The van der Waals surface area contributed by atoms with Gasteiger partial charge in [0.1, 0.15) is 0 Å². The molecule has 0 saturated carbocycles. The Morgan fingerprint density at radius 3 is 2.16 bits per heavy atom. The quantitative estimate of drug-likeness (QED) is 0.317. The van der Waals surface area contributed by atoms with Crippen molar-refractivity contribution in [1.29, 1.82) is 0 Å². The number of methoxy groups -OCH3 is 1. The molecule has 0 fully saturated rings. The number of amides is 2. The Hall–Kier alpha value is -3.35. The van der Waals surface area contributed by atoms with E-state index in [-0.39, 0.29) is 41.1 Å². The Balaban J connectivity index is 2.17. The first kappa shape index (κ1) is 29.2. The van der Waals surface area contributed by atoms with Gasteiger partial charge in [0.25, 0.3) is 0 Å². The molecule has 7 nitrogen and oxygen atoms in total. The molecule has 2 atom stereocenters. The van der Waals surface area contributed by atoms with Gasteiger partial charge in [-0.15, -0.1) is 0 Å². The number of nitrogen functional groups attached to an aromatic ring is 1. The van der Waals surface area contributed by atoms with Crippen LogP contribution in [0.3, 0.4) is 0 Å². The monoisotopic (exact) mass is 567 g/mol. The summed E-state index contributed by atoms with van der Waals surface area (Å²) >= 11 is 6.19. The molecule has 0 radical (unpaired) electrons. The van der Waals surface area contributed by atoms with Crippen molar-refractivity contribution in [2.45, 2.75) is 51.2 Å². The maximum absolute atomic E-state index is 13.4. The van der Waals surface area contributed by atoms with Gasteiger partial charge in [-0.2, -0.15) is 26.3 Å². The van der Waals surface area contributed by atoms with E-state index in [4.69, 9.17) is 26.8 Å². The van der Waals surface area contributed by atoms with Gasteiger partial charge in [0.15, 0.2) is 0 Å². The molecule has 0 saturated heterocycles. The number of anilines is 2. The summed E-state index contributed by atoms with van der Waals surface area (Å²) in [5, 5.41) is 0.132. The summed E-state index contributed by atoms with van der Waals surface area (Å²) in [5.74, 6) is 0. The fraction of sp³-hybridized carbons (Fsp3) is 0.417. The van der Waals surface area contributed by atoms with Crippen molar-refractivity contribution < 1.29 is 45.4 Å². The summed E-state index contributed by atoms with van der Waals surface area (Å²) < 4.78 is 90.5. The predicted octanol–water partition coefficient (Wildman–Crippen LogP) is 7.02. The van der Waals surface area contributed by atoms with Crippen LogP contribution < -0.4 is 10.6 Å². The number of hydrogen-bond donors (Lipinski definition) is 1. The lowest BCUT2D eigenvalue weighted by molar-refractivity contribution is -0.143. The smallest absolute Gasteiger partial charge is 0.416 e. The summed E-state index contributed by atoms with van der Waals surface area (Å²) in [5.41, 5.74) is 3.15. The van der Waals surface area contributed by atoms with E-state index in [1.807, 2.05) is 0 Å². The number of benzene rings is 2. The van der Waals surface area contributed by atoms with Gasteiger partial charge in [0.05, 0.1) is 42.3 Å². The zero-order chi connectivity index (χ0) is 28.6. The van der Waals surface area contributed by atoms with Gasteiger partial charge in [-0.3, -0.25) is 9.80 Å². The number of halogens is 7. The molecule has 2 aromatic rings. The largest absolute Gasteiger partial charge is 0.453 e. The third-order valence-corrected chi connectivity index (χ3v) is 6.21. The molecular weight excluding hydrogens is 544 g/mol. The van der Waals surface area contributed by atoms with E-state index in [1.54, 1.807) is 13.8 Å². The molecule has 1 aliphatic rings. The van der Waals surface area contributed by atoms with Crippen LogP contribution in [0.1, 0.15) is 48.6 Å². The minimum absolute atomic E-state index is 0.00164. The van der Waals surface area contributed by atoms with Crippen molar-refractivity contribution in [3.8, 4) is 0 Å². The van der Waals surface area contributed by atoms with Crippen molar-refractivity contribution in [3.63, 3.8) is 0 Å². The zero-order valence-corrected chi connectivity index (χ0v) is 21.2. The number of nitrogens with two attached hydrogens (primary N) is 1. The van der Waals surface area contributed by atoms with E-state index < -0.39 is 59.9 Å². The van der Waals surface area contributed by atoms with E-state index in [9.17, 15) is 35.9 Å². The molecule has 0 spiro atoms. The van der Waals surface area contributed by atoms with Gasteiger partial charge >= 0.3 is 24.5 Å². The van der Waals surface area contributed by atoms with Crippen LogP contribution in [-0.4, -0.2) is 36.8 Å². The minimum Gasteiger partial charge on any atom is -0.453 e. The first-order chi connectivity index (χ1) is 17.6. The number of rotatable bonds is 4. The van der Waals surface area contributed by atoms with Crippen molar-refractivity contribution in [2.75, 3.05) is 24.4 Å². The Morgan fingerprint density at radius 1 is 1.08 bits per heavy atom. The Labute approximate surface area is 219 Å². The summed E-state index contributed by atoms with van der Waals surface area (Å²) in [7, 11) is 1.02. The average Bonchev–Trinajstić information content (AvgIpc) is 2.80. The average molecular weight is 568 g/mol. The van der Waals surface area contributed by atoms with Crippen molar-refractivity contribution in [3.05, 3.63) is 57.6 Å². The number of fused-ring (bicyclic) bond motifs is 1. The first-order valence-corrected chi connectivity index (χ1v) is 11.6. The van der Waals surface area contributed by atoms with Gasteiger partial charge in [0, 0.05) is 23.2 Å². The van der Waals surface area contributed by atoms with Gasteiger partial charge < -0.3 is 15.2 Å². The van der Waals surface area contributed by atoms with Crippen molar-refractivity contribution >= 4 is 35.2 Å². The number of carbonyl (C=O) groups is 2. The topological polar surface area (TPSA) is 85.1 Å². The Bertz CT molecular complexity index is 1190. The van der Waals surface area contributed by atoms with Gasteiger partial charge in [-0.25, -0.2) is 9.59 Å². The molecule has 1 aliphatic heterocycles. The molecule has 14 heteroatoms. The lowest BCUT2D eigenvalue weighted by atomic mass is 9.89. The molecule has 0 aliphatic carbocycles. The fourth-order valence-electron chi connectivity index (χ4n) is 4.44. The van der Waals surface area contributed by atoms with Crippen LogP contribution in [0.5, 0.6) is 0 Å². The molecule has 1 heterocycles. The molecular formula is C24H24ClF6N3O4. The van der Waals surface area contributed by atoms with Crippen molar-refractivity contribution in [2.24, 2.45) is 0 Å². The van der Waals surface area contributed by atoms with Crippen molar-refractivity contribution in [1.82, 2.24) is 4.90 Å². The van der Waals surface area contributed by atoms with E-state index in [0.717, 1.165) is 12.0 Å². The molecule has 208 valence electrons. The van der Waals surface area contributed by atoms with Crippen LogP contribution in [0.25, 0.3) is 0 Å². The van der Waals surface area contributed by atoms with Crippen LogP contribution in [0, 0.1) is 0 Å². The van der Waals surface area contributed by atoms with Gasteiger partial charge in [-0.1, -0.05) is 11.6 Å². The van der Waals surface area contributed by atoms with Crippen LogP contribution >= 0.6 is 11.6 Å². The molecule has 38 heavy (non-hydrogen) atoms. The Morgan fingerprint density at radius 2 is 1.66 bits per heavy atom. The summed E-state index contributed by atoms with van der Waals surface area (Å²) in [6, 6.07) is 2.23. The standard InChI is InChI=1S/C24H24ClF6N3O4/c1-4-38-22(36)34-12(2)5-19(17-9-16(25)10-18(32)20(17)34)33(21(35)37-3)11-13-6-14(23(26,27)28)8-15(7-13)24(29,30)31/h6-10,12,19H,4-5,11,32H2,1-3H3/t12-,19+/m1/s1. The molecule has 0 bridgehead atoms. The van der Waals surface area contributed by atoms with Gasteiger partial charge in [0.2, 0.25) is 0 Å². The normalized spacial score (nSPS) is 17.6. The van der Waals surface area contributed by atoms with E-state index >= 15 is 0 Å². The number of ether oxygens (including phenoxy) is 2. The second kappa shape index (κ2) is 10.8. The highest BCUT2D eigenvalue weighted by Gasteiger charge is 2.42. The molecule has 2 amide bonds. The van der Waals surface area contributed by atoms with E-state index in [0.29, 0.717) is 12.1 Å². The second-order valence-corrected chi connectivity index (χ2v) is 9.05. The summed E-state index contributed by atoms with van der Waals surface area (Å²) in [6.45, 7) is 2.61. The van der Waals surface area contributed by atoms with Crippen LogP contribution in [0.4, 0.5) is 47.3 Å². The SMILES string of the molecule is CCOC(=O)N1c2c(N)cc(Cl)cc2[C@@H](N(Cc2cc(C(F)(F)F)cc(C(F)(F)F)c2)C(=O)OC)C[C@H]1C. The van der Waals surface area contributed by atoms with E-state index in [2.05, 4.69) is 0 Å². The maximum atomic E-state index is 13.4. The fourth-order valence-corrected chi connectivity index (χ4v) is 4.67. The Kier molecular flexibility index (Phi) is 8.30. The van der Waals surface area contributed by atoms with Crippen LogP contribution in [-0.2, 0) is 28.4 Å². The zero-order valence-electron chi connectivity index (χ0n) is 20.4. The predicted molar refractivity (Wildman–Crippen MR) is 127 cm³/mol. The highest BCUT2D eigenvalue weighted by molar-refractivity contribution is 6.31. The minimum atomic E-state index is -5.07. The number of hydrogen-bond acceptors (Lipinski definition) is 5. The highest BCUT2D eigenvalue weighted by atomic mass is 35.5. The lowest BCUT2D eigenvalue weighted by Gasteiger charge is -2.43. The number of alkyl halides is 6. The third kappa shape index (κ3) is 6.03. The lowest BCUT2D eigenvalue weighted by Crippen LogP contribution is -2.48. The third-order valence-electron chi connectivity index (χ3n) is 5.99. The molecule has 0 aromatic heterocycles. The summed E-state index contributed by atoms with van der Waals surface area (Å²) in [4.78, 5) is 27.8. The van der Waals surface area contributed by atoms with Gasteiger partial charge in [-0.05, 0) is 56.2 Å². The highest BCUT2D eigenvalue weighted by Crippen LogP contribution is 2.46. The van der Waals surface area contributed by atoms with Crippen LogP contribution in [0.15, 0.2) is 30.3 Å². The van der Waals surface area contributed by atoms with E-state index in [1.165, 1.54) is 17.0 Å².